The number of carbonyl (C=O) groups excluding carboxylic acids is 1. The Morgan fingerprint density at radius 3 is 2.71 bits per heavy atom. The van der Waals surface area contributed by atoms with Gasteiger partial charge >= 0.3 is 0 Å². The van der Waals surface area contributed by atoms with Crippen LogP contribution in [-0.2, 0) is 4.79 Å². The Hall–Kier alpha value is -1.78. The fourth-order valence-corrected chi connectivity index (χ4v) is 1.26. The van der Waals surface area contributed by atoms with Crippen molar-refractivity contribution in [3.05, 3.63) is 24.3 Å². The Kier molecular flexibility index (Phi) is 2.22. The van der Waals surface area contributed by atoms with E-state index >= 15 is 0 Å². The molecule has 0 radical (unpaired) electrons. The van der Waals surface area contributed by atoms with E-state index in [2.05, 4.69) is 20.3 Å². The second-order valence-electron chi connectivity index (χ2n) is 2.96. The third kappa shape index (κ3) is 1.48. The predicted octanol–water partition coefficient (Wildman–Crippen LogP) is 0.132. The minimum absolute atomic E-state index is 0.0741. The molecule has 1 amide bonds. The molecule has 0 bridgehead atoms. The Balaban J connectivity index is 2.26. The quantitative estimate of drug-likeness (QED) is 0.720. The second kappa shape index (κ2) is 3.53. The van der Waals surface area contributed by atoms with Gasteiger partial charge in [-0.1, -0.05) is 6.92 Å². The molecule has 2 heterocycles. The van der Waals surface area contributed by atoms with Crippen LogP contribution < -0.4 is 5.32 Å². The number of hydrogen-bond acceptors (Lipinski definition) is 4. The number of amidine groups is 1. The monoisotopic (exact) mass is 190 g/mol. The number of nitrogens with one attached hydrogen (secondary N) is 1. The molecule has 1 atom stereocenters. The van der Waals surface area contributed by atoms with Crippen LogP contribution in [0.4, 0.5) is 0 Å². The molecule has 0 fully saturated rings. The van der Waals surface area contributed by atoms with Crippen molar-refractivity contribution in [2.24, 2.45) is 4.99 Å². The second-order valence-corrected chi connectivity index (χ2v) is 2.96. The summed E-state index contributed by atoms with van der Waals surface area (Å²) in [5.74, 6) is 0.870. The van der Waals surface area contributed by atoms with Crippen molar-refractivity contribution >= 4 is 11.7 Å². The van der Waals surface area contributed by atoms with Crippen LogP contribution >= 0.6 is 0 Å². The molecule has 5 heteroatoms. The van der Waals surface area contributed by atoms with Crippen molar-refractivity contribution in [1.29, 1.82) is 0 Å². The average Bonchev–Trinajstić information content (AvgIpc) is 2.61. The summed E-state index contributed by atoms with van der Waals surface area (Å²) >= 11 is 0. The summed E-state index contributed by atoms with van der Waals surface area (Å²) in [6.07, 6.45) is 3.94. The number of carbonyl (C=O) groups is 1. The van der Waals surface area contributed by atoms with Gasteiger partial charge in [0.2, 0.25) is 5.91 Å². The molecular weight excluding hydrogens is 180 g/mol. The normalized spacial score (nSPS) is 20.5. The Morgan fingerprint density at radius 1 is 1.43 bits per heavy atom. The summed E-state index contributed by atoms with van der Waals surface area (Å²) in [4.78, 5) is 23.5. The van der Waals surface area contributed by atoms with Crippen molar-refractivity contribution in [3.63, 3.8) is 0 Å². The third-order valence-electron chi connectivity index (χ3n) is 1.99. The van der Waals surface area contributed by atoms with Gasteiger partial charge in [-0.25, -0.2) is 9.97 Å². The van der Waals surface area contributed by atoms with Gasteiger partial charge in [0.05, 0.1) is 0 Å². The molecule has 1 aliphatic heterocycles. The van der Waals surface area contributed by atoms with E-state index in [1.807, 2.05) is 6.92 Å². The highest BCUT2D eigenvalue weighted by Crippen LogP contribution is 2.06. The lowest BCUT2D eigenvalue weighted by Crippen LogP contribution is -2.29. The van der Waals surface area contributed by atoms with Crippen LogP contribution in [0.2, 0.25) is 0 Å². The molecule has 1 unspecified atom stereocenters. The molecule has 0 aromatic carbocycles. The van der Waals surface area contributed by atoms with Gasteiger partial charge in [0.25, 0.3) is 0 Å². The van der Waals surface area contributed by atoms with Crippen LogP contribution in [0.1, 0.15) is 19.2 Å². The van der Waals surface area contributed by atoms with Crippen LogP contribution in [0.3, 0.4) is 0 Å². The van der Waals surface area contributed by atoms with E-state index in [1.54, 1.807) is 18.5 Å². The molecule has 72 valence electrons. The molecule has 1 N–H and O–H groups in total. The fraction of sp³-hybridized carbons (Fsp3) is 0.333. The largest absolute Gasteiger partial charge is 0.306 e. The molecule has 0 aliphatic carbocycles. The number of amides is 1. The van der Waals surface area contributed by atoms with Crippen LogP contribution in [0.15, 0.2) is 23.5 Å². The van der Waals surface area contributed by atoms with Crippen LogP contribution in [-0.4, -0.2) is 27.8 Å². The number of aromatic nitrogens is 2. The lowest BCUT2D eigenvalue weighted by molar-refractivity contribution is -0.120. The predicted molar refractivity (Wildman–Crippen MR) is 50.8 cm³/mol. The van der Waals surface area contributed by atoms with E-state index in [-0.39, 0.29) is 11.9 Å². The average molecular weight is 190 g/mol. The first-order valence-electron chi connectivity index (χ1n) is 4.47. The maximum absolute atomic E-state index is 11.3. The molecule has 14 heavy (non-hydrogen) atoms. The molecule has 1 aromatic rings. The smallest absolute Gasteiger partial charge is 0.250 e. The maximum atomic E-state index is 11.3. The molecule has 0 spiro atoms. The van der Waals surface area contributed by atoms with Gasteiger partial charge in [-0.2, -0.15) is 0 Å². The van der Waals surface area contributed by atoms with Gasteiger partial charge < -0.3 is 5.32 Å². The first kappa shape index (κ1) is 8.80. The number of rotatable bonds is 2. The van der Waals surface area contributed by atoms with E-state index in [4.69, 9.17) is 0 Å². The Labute approximate surface area is 81.3 Å². The molecular formula is C9H10N4O. The molecule has 2 rings (SSSR count). The lowest BCUT2D eigenvalue weighted by Gasteiger charge is -1.97. The van der Waals surface area contributed by atoms with Gasteiger partial charge in [0, 0.05) is 12.4 Å². The summed E-state index contributed by atoms with van der Waals surface area (Å²) < 4.78 is 0. The zero-order valence-electron chi connectivity index (χ0n) is 7.77. The summed E-state index contributed by atoms with van der Waals surface area (Å²) in [6, 6.07) is 1.44. The molecule has 1 aliphatic rings. The SMILES string of the molecule is CCC1N=C(c2ncccn2)NC1=O. The topological polar surface area (TPSA) is 67.2 Å². The van der Waals surface area contributed by atoms with Gasteiger partial charge in [0.1, 0.15) is 6.04 Å². The van der Waals surface area contributed by atoms with E-state index in [0.29, 0.717) is 18.1 Å². The highest BCUT2D eigenvalue weighted by Gasteiger charge is 2.26. The Morgan fingerprint density at radius 2 is 2.14 bits per heavy atom. The first-order chi connectivity index (χ1) is 6.81. The van der Waals surface area contributed by atoms with Gasteiger partial charge in [-0.15, -0.1) is 0 Å². The van der Waals surface area contributed by atoms with Crippen molar-refractivity contribution in [3.8, 4) is 0 Å². The third-order valence-corrected chi connectivity index (χ3v) is 1.99. The zero-order chi connectivity index (χ0) is 9.97. The fourth-order valence-electron chi connectivity index (χ4n) is 1.26. The number of hydrogen-bond donors (Lipinski definition) is 1. The standard InChI is InChI=1S/C9H10N4O/c1-2-6-9(14)13-8(12-6)7-10-4-3-5-11-7/h3-6H,2H2,1H3,(H,12,13,14). The van der Waals surface area contributed by atoms with E-state index < -0.39 is 0 Å². The van der Waals surface area contributed by atoms with Crippen molar-refractivity contribution in [2.75, 3.05) is 0 Å². The van der Waals surface area contributed by atoms with Crippen molar-refractivity contribution in [1.82, 2.24) is 15.3 Å². The van der Waals surface area contributed by atoms with Gasteiger partial charge in [0.15, 0.2) is 11.7 Å². The summed E-state index contributed by atoms with van der Waals surface area (Å²) in [7, 11) is 0. The molecule has 0 saturated carbocycles. The Bertz CT molecular complexity index is 374. The van der Waals surface area contributed by atoms with Crippen LogP contribution in [0.5, 0.6) is 0 Å². The van der Waals surface area contributed by atoms with E-state index in [0.717, 1.165) is 0 Å². The minimum atomic E-state index is -0.284. The van der Waals surface area contributed by atoms with Gasteiger partial charge in [-0.3, -0.25) is 9.79 Å². The summed E-state index contributed by atoms with van der Waals surface area (Å²) in [6.45, 7) is 1.92. The van der Waals surface area contributed by atoms with E-state index in [1.165, 1.54) is 0 Å². The summed E-state index contributed by atoms with van der Waals surface area (Å²) in [5, 5.41) is 2.66. The maximum Gasteiger partial charge on any atom is 0.250 e. The molecule has 1 aromatic heterocycles. The first-order valence-corrected chi connectivity index (χ1v) is 4.47. The highest BCUT2D eigenvalue weighted by atomic mass is 16.2. The lowest BCUT2D eigenvalue weighted by atomic mass is 10.2. The van der Waals surface area contributed by atoms with E-state index in [9.17, 15) is 4.79 Å². The zero-order valence-corrected chi connectivity index (χ0v) is 7.77. The molecule has 0 saturated heterocycles. The van der Waals surface area contributed by atoms with Crippen molar-refractivity contribution < 1.29 is 4.79 Å². The minimum Gasteiger partial charge on any atom is -0.306 e. The molecule has 5 nitrogen and oxygen atoms in total. The number of nitrogens with zero attached hydrogens (tertiary/aromatic N) is 3. The number of aliphatic imine (C=N–C) groups is 1. The van der Waals surface area contributed by atoms with Gasteiger partial charge in [-0.05, 0) is 12.5 Å². The van der Waals surface area contributed by atoms with Crippen LogP contribution in [0, 0.1) is 0 Å². The highest BCUT2D eigenvalue weighted by molar-refractivity contribution is 6.11. The summed E-state index contributed by atoms with van der Waals surface area (Å²) in [5.41, 5.74) is 0. The van der Waals surface area contributed by atoms with Crippen molar-refractivity contribution in [2.45, 2.75) is 19.4 Å². The van der Waals surface area contributed by atoms with Crippen LogP contribution in [0.25, 0.3) is 0 Å².